The minimum Gasteiger partial charge on any atom is -0.465 e. The third-order valence-electron chi connectivity index (χ3n) is 11.8. The second-order valence-electron chi connectivity index (χ2n) is 18.8. The Hall–Kier alpha value is -6.28. The molecule has 334 valence electrons. The van der Waals surface area contributed by atoms with Crippen LogP contribution in [0.15, 0.2) is 103 Å². The molecular weight excluding hydrogens is 797 g/mol. The number of hydrogen-bond donors (Lipinski definition) is 4. The molecule has 14 nitrogen and oxygen atoms in total. The van der Waals surface area contributed by atoms with Crippen LogP contribution in [0, 0.1) is 10.8 Å². The van der Waals surface area contributed by atoms with Crippen molar-refractivity contribution in [3.05, 3.63) is 120 Å². The van der Waals surface area contributed by atoms with E-state index in [2.05, 4.69) is 15.6 Å². The maximum Gasteiger partial charge on any atom is 0.407 e. The first-order valence-electron chi connectivity index (χ1n) is 21.6. The topological polar surface area (TPSA) is 173 Å². The number of carboxylic acid groups (broad SMARTS) is 1. The number of imidazole rings is 1. The molecule has 4 N–H and O–H groups in total. The summed E-state index contributed by atoms with van der Waals surface area (Å²) in [5.74, 6) is -0.154. The first kappa shape index (κ1) is 46.2. The first-order chi connectivity index (χ1) is 29.8. The van der Waals surface area contributed by atoms with Crippen LogP contribution in [0.5, 0.6) is 0 Å². The van der Waals surface area contributed by atoms with Gasteiger partial charge in [0, 0.05) is 45.0 Å². The smallest absolute Gasteiger partial charge is 0.407 e. The highest BCUT2D eigenvalue weighted by atomic mass is 16.4. The summed E-state index contributed by atoms with van der Waals surface area (Å²) in [7, 11) is 3.30. The molecular formula is C49H62N8O6. The molecule has 0 radical (unpaired) electrons. The Bertz CT molecular complexity index is 2360. The van der Waals surface area contributed by atoms with E-state index in [1.807, 2.05) is 129 Å². The van der Waals surface area contributed by atoms with E-state index in [1.54, 1.807) is 36.8 Å². The molecule has 0 unspecified atom stereocenters. The summed E-state index contributed by atoms with van der Waals surface area (Å²) in [5, 5.41) is 28.5. The minimum atomic E-state index is -1.25. The zero-order chi connectivity index (χ0) is 45.6. The van der Waals surface area contributed by atoms with E-state index in [4.69, 9.17) is 4.98 Å². The van der Waals surface area contributed by atoms with Gasteiger partial charge in [0.2, 0.25) is 11.8 Å². The number of aliphatic hydroxyl groups is 1. The van der Waals surface area contributed by atoms with Gasteiger partial charge in [0.1, 0.15) is 17.9 Å². The number of pyridine rings is 1. The van der Waals surface area contributed by atoms with E-state index < -0.39 is 53.1 Å². The Morgan fingerprint density at radius 2 is 1.44 bits per heavy atom. The molecule has 6 rings (SSSR count). The fraction of sp³-hybridized carbons (Fsp3) is 0.429. The van der Waals surface area contributed by atoms with Gasteiger partial charge in [-0.25, -0.2) is 14.6 Å². The summed E-state index contributed by atoms with van der Waals surface area (Å²) >= 11 is 0. The van der Waals surface area contributed by atoms with E-state index in [1.165, 1.54) is 7.05 Å². The maximum atomic E-state index is 14.7. The average molecular weight is 859 g/mol. The Morgan fingerprint density at radius 3 is 2.06 bits per heavy atom. The van der Waals surface area contributed by atoms with Crippen molar-refractivity contribution in [2.75, 3.05) is 20.1 Å². The zero-order valence-corrected chi connectivity index (χ0v) is 37.7. The van der Waals surface area contributed by atoms with Gasteiger partial charge in [0.05, 0.1) is 35.4 Å². The largest absolute Gasteiger partial charge is 0.465 e. The highest BCUT2D eigenvalue weighted by molar-refractivity contribution is 5.89. The molecule has 2 aromatic heterocycles. The molecule has 5 atom stereocenters. The van der Waals surface area contributed by atoms with Gasteiger partial charge < -0.3 is 35.2 Å². The van der Waals surface area contributed by atoms with Gasteiger partial charge in [-0.3, -0.25) is 19.5 Å². The van der Waals surface area contributed by atoms with Crippen LogP contribution in [-0.2, 0) is 36.0 Å². The van der Waals surface area contributed by atoms with Gasteiger partial charge >= 0.3 is 12.1 Å². The summed E-state index contributed by atoms with van der Waals surface area (Å²) in [6, 6.07) is 27.2. The molecule has 3 heterocycles. The normalized spacial score (nSPS) is 15.7. The van der Waals surface area contributed by atoms with Crippen LogP contribution in [0.3, 0.4) is 0 Å². The van der Waals surface area contributed by atoms with Gasteiger partial charge in [0.25, 0.3) is 0 Å². The number of hydrogen-bond acceptors (Lipinski definition) is 7. The molecule has 1 aliphatic heterocycles. The lowest BCUT2D eigenvalue weighted by molar-refractivity contribution is -0.131. The Kier molecular flexibility index (Phi) is 14.2. The fourth-order valence-corrected chi connectivity index (χ4v) is 8.73. The number of carbonyl (C=O) groups excluding carboxylic acids is 3. The molecule has 63 heavy (non-hydrogen) atoms. The van der Waals surface area contributed by atoms with Gasteiger partial charge in [-0.15, -0.1) is 0 Å². The lowest BCUT2D eigenvalue weighted by Crippen LogP contribution is -2.59. The number of fused-ring (bicyclic) bond motifs is 1. The first-order valence-corrected chi connectivity index (χ1v) is 21.6. The zero-order valence-electron chi connectivity index (χ0n) is 37.7. The van der Waals surface area contributed by atoms with Gasteiger partial charge in [-0.1, -0.05) is 114 Å². The number of likely N-dealkylation sites (N-methyl/N-ethyl adjacent to an activating group) is 1. The summed E-state index contributed by atoms with van der Waals surface area (Å²) in [6.45, 7) is 12.2. The number of nitrogens with one attached hydrogen (secondary N) is 2. The van der Waals surface area contributed by atoms with Crippen molar-refractivity contribution in [2.45, 2.75) is 97.6 Å². The molecule has 0 aliphatic carbocycles. The number of benzene rings is 3. The van der Waals surface area contributed by atoms with Crippen LogP contribution >= 0.6 is 0 Å². The molecule has 14 heteroatoms. The van der Waals surface area contributed by atoms with Gasteiger partial charge in [0.15, 0.2) is 0 Å². The van der Waals surface area contributed by atoms with Crippen LogP contribution in [0.1, 0.15) is 64.9 Å². The van der Waals surface area contributed by atoms with Crippen molar-refractivity contribution >= 4 is 35.0 Å². The van der Waals surface area contributed by atoms with Crippen molar-refractivity contribution < 1.29 is 29.4 Å². The molecule has 1 fully saturated rings. The number of aliphatic hydroxyl groups excluding tert-OH is 1. The Morgan fingerprint density at radius 1 is 0.794 bits per heavy atom. The molecule has 1 saturated heterocycles. The Balaban J connectivity index is 1.26. The lowest BCUT2D eigenvalue weighted by atomic mass is 9.84. The summed E-state index contributed by atoms with van der Waals surface area (Å²) in [5.41, 5.74) is 3.82. The highest BCUT2D eigenvalue weighted by Gasteiger charge is 2.45. The molecule has 0 bridgehead atoms. The number of para-hydroxylation sites is 2. The standard InChI is InChI=1S/C49H62N8O6/c1-48(2,3)42(55(8)47(62)63)44(59)53-38(29-33-21-23-34(24-22-33)36-18-14-15-25-50-36)40(58)30-35(28-32-16-10-9-11-17-32)51-45(60)43(49(4,5)6)57-27-26-56(46(57)61)31-41-52-37-19-12-13-20-39(37)54(41)7/h9-25,35,38,40,42-43,58H,26-31H2,1-8H3,(H,51,60)(H,53,59)(H,62,63)/t35-,38-,40+,42+,43+/m0/s1. The third kappa shape index (κ3) is 11.2. The predicted octanol–water partition coefficient (Wildman–Crippen LogP) is 6.52. The van der Waals surface area contributed by atoms with Crippen LogP contribution in [0.2, 0.25) is 0 Å². The second kappa shape index (κ2) is 19.4. The molecule has 3 aromatic carbocycles. The fourth-order valence-electron chi connectivity index (χ4n) is 8.73. The van der Waals surface area contributed by atoms with Crippen molar-refractivity contribution in [3.8, 4) is 11.3 Å². The summed E-state index contributed by atoms with van der Waals surface area (Å²) < 4.78 is 1.99. The van der Waals surface area contributed by atoms with E-state index in [0.29, 0.717) is 26.1 Å². The molecule has 0 saturated carbocycles. The third-order valence-corrected chi connectivity index (χ3v) is 11.8. The van der Waals surface area contributed by atoms with Crippen molar-refractivity contribution in [1.29, 1.82) is 0 Å². The number of amides is 5. The highest BCUT2D eigenvalue weighted by Crippen LogP contribution is 2.30. The van der Waals surface area contributed by atoms with Crippen molar-refractivity contribution in [3.63, 3.8) is 0 Å². The number of aryl methyl sites for hydroxylation is 1. The van der Waals surface area contributed by atoms with Gasteiger partial charge in [-0.2, -0.15) is 0 Å². The van der Waals surface area contributed by atoms with Crippen LogP contribution in [0.25, 0.3) is 22.3 Å². The van der Waals surface area contributed by atoms with E-state index in [0.717, 1.165) is 44.1 Å². The number of nitrogens with zero attached hydrogens (tertiary/aromatic N) is 6. The van der Waals surface area contributed by atoms with E-state index in [9.17, 15) is 29.4 Å². The van der Waals surface area contributed by atoms with Crippen molar-refractivity contribution in [2.24, 2.45) is 17.9 Å². The summed E-state index contributed by atoms with van der Waals surface area (Å²) in [4.78, 5) is 68.8. The lowest BCUT2D eigenvalue weighted by Gasteiger charge is -2.38. The number of aromatic nitrogens is 3. The Labute approximate surface area is 370 Å². The number of carbonyl (C=O) groups is 4. The predicted molar refractivity (Wildman–Crippen MR) is 244 cm³/mol. The van der Waals surface area contributed by atoms with Crippen molar-refractivity contribution in [1.82, 2.24) is 39.9 Å². The van der Waals surface area contributed by atoms with E-state index >= 15 is 0 Å². The SMILES string of the molecule is CN(C(=O)O)[C@H](C(=O)N[C@@H](Cc1ccc(-c2ccccn2)cc1)[C@H](O)C[C@H](Cc1ccccc1)NC(=O)[C@@H](N1CCN(Cc2nc3ccccc3n2C)C1=O)C(C)(C)C)C(C)(C)C. The molecule has 5 amide bonds. The van der Waals surface area contributed by atoms with Crippen LogP contribution in [-0.4, -0.2) is 114 Å². The van der Waals surface area contributed by atoms with Crippen LogP contribution in [0.4, 0.5) is 9.59 Å². The minimum absolute atomic E-state index is 0.0379. The molecule has 1 aliphatic rings. The number of urea groups is 1. The molecule has 5 aromatic rings. The number of rotatable bonds is 16. The quantitative estimate of drug-likeness (QED) is 0.0869. The second-order valence-corrected chi connectivity index (χ2v) is 18.8. The monoisotopic (exact) mass is 858 g/mol. The average Bonchev–Trinajstić information content (AvgIpc) is 3.74. The van der Waals surface area contributed by atoms with E-state index in [-0.39, 0.29) is 24.8 Å². The summed E-state index contributed by atoms with van der Waals surface area (Å²) in [6.07, 6.45) is -0.114. The maximum absolute atomic E-state index is 14.7. The van der Waals surface area contributed by atoms with Crippen LogP contribution < -0.4 is 10.6 Å². The van der Waals surface area contributed by atoms with Gasteiger partial charge in [-0.05, 0) is 65.5 Å². The molecule has 0 spiro atoms.